The van der Waals surface area contributed by atoms with Gasteiger partial charge in [-0.1, -0.05) is 112 Å². The lowest BCUT2D eigenvalue weighted by molar-refractivity contribution is 0.636. The van der Waals surface area contributed by atoms with Crippen LogP contribution in [0.25, 0.3) is 10.8 Å². The molecule has 0 radical (unpaired) electrons. The molecule has 0 heterocycles. The second-order valence-corrected chi connectivity index (χ2v) is 10.4. The van der Waals surface area contributed by atoms with Crippen LogP contribution < -0.4 is 0 Å². The van der Waals surface area contributed by atoms with Crippen molar-refractivity contribution in [1.29, 1.82) is 0 Å². The zero-order valence-corrected chi connectivity index (χ0v) is 23.5. The van der Waals surface area contributed by atoms with Crippen molar-refractivity contribution in [3.8, 4) is 23.7 Å². The summed E-state index contributed by atoms with van der Waals surface area (Å²) >= 11 is 0. The van der Waals surface area contributed by atoms with Crippen molar-refractivity contribution >= 4 is 10.8 Å². The van der Waals surface area contributed by atoms with Crippen LogP contribution in [0.4, 0.5) is 4.39 Å². The largest absolute Gasteiger partial charge is 0.205 e. The first-order chi connectivity index (χ1) is 19.2. The molecule has 0 saturated heterocycles. The van der Waals surface area contributed by atoms with Crippen molar-refractivity contribution in [3.63, 3.8) is 0 Å². The van der Waals surface area contributed by atoms with E-state index in [9.17, 15) is 0 Å². The lowest BCUT2D eigenvalue weighted by Crippen LogP contribution is -1.90. The summed E-state index contributed by atoms with van der Waals surface area (Å²) in [7, 11) is 0. The minimum Gasteiger partial charge on any atom is -0.205 e. The van der Waals surface area contributed by atoms with E-state index in [0.29, 0.717) is 10.9 Å². The average molecular weight is 515 g/mol. The molecular formula is C38H39F. The summed E-state index contributed by atoms with van der Waals surface area (Å²) in [6, 6.07) is 26.3. The van der Waals surface area contributed by atoms with E-state index < -0.39 is 0 Å². The summed E-state index contributed by atoms with van der Waals surface area (Å²) in [6.07, 6.45) is 12.3. The molecule has 0 nitrogen and oxygen atoms in total. The van der Waals surface area contributed by atoms with Gasteiger partial charge in [-0.25, -0.2) is 4.39 Å². The van der Waals surface area contributed by atoms with E-state index in [2.05, 4.69) is 73.9 Å². The molecule has 4 rings (SSSR count). The van der Waals surface area contributed by atoms with Gasteiger partial charge in [0.1, 0.15) is 5.82 Å². The van der Waals surface area contributed by atoms with Gasteiger partial charge in [-0.05, 0) is 84.7 Å². The number of benzene rings is 4. The molecule has 0 aliphatic carbocycles. The maximum Gasteiger partial charge on any atom is 0.146 e. The van der Waals surface area contributed by atoms with Crippen LogP contribution in [0, 0.1) is 29.5 Å². The summed E-state index contributed by atoms with van der Waals surface area (Å²) in [5.41, 5.74) is 5.88. The van der Waals surface area contributed by atoms with Gasteiger partial charge in [0.05, 0.1) is 5.56 Å². The van der Waals surface area contributed by atoms with E-state index in [1.165, 1.54) is 62.5 Å². The summed E-state index contributed by atoms with van der Waals surface area (Å²) in [5.74, 6) is 12.4. The molecule has 0 unspecified atom stereocenters. The number of aryl methyl sites for hydroxylation is 2. The average Bonchev–Trinajstić information content (AvgIpc) is 2.97. The monoisotopic (exact) mass is 514 g/mol. The molecule has 0 aromatic heterocycles. The van der Waals surface area contributed by atoms with Gasteiger partial charge in [-0.3, -0.25) is 0 Å². The highest BCUT2D eigenvalue weighted by molar-refractivity contribution is 5.85. The van der Waals surface area contributed by atoms with Crippen molar-refractivity contribution in [2.24, 2.45) is 0 Å². The molecule has 0 amide bonds. The van der Waals surface area contributed by atoms with E-state index in [1.54, 1.807) is 6.07 Å². The molecule has 0 N–H and O–H groups in total. The fourth-order valence-electron chi connectivity index (χ4n) is 4.78. The Bertz CT molecular complexity index is 1470. The fourth-order valence-corrected chi connectivity index (χ4v) is 4.78. The van der Waals surface area contributed by atoms with E-state index in [1.807, 2.05) is 36.4 Å². The molecule has 4 aromatic rings. The minimum atomic E-state index is -0.244. The SMILES string of the molecule is CCCCCCc1ccc(C#Cc2ccc(C#Cc3ccc4cc(CCCCCC)ccc4c3F)cc2)cc1. The first kappa shape index (κ1) is 28.2. The smallest absolute Gasteiger partial charge is 0.146 e. The minimum absolute atomic E-state index is 0.244. The van der Waals surface area contributed by atoms with Crippen LogP contribution in [-0.2, 0) is 12.8 Å². The summed E-state index contributed by atoms with van der Waals surface area (Å²) < 4.78 is 15.2. The first-order valence-electron chi connectivity index (χ1n) is 14.6. The quantitative estimate of drug-likeness (QED) is 0.146. The van der Waals surface area contributed by atoms with Crippen molar-refractivity contribution in [1.82, 2.24) is 0 Å². The predicted octanol–water partition coefficient (Wildman–Crippen LogP) is 10.0. The van der Waals surface area contributed by atoms with Gasteiger partial charge in [0.2, 0.25) is 0 Å². The van der Waals surface area contributed by atoms with Crippen LogP contribution in [0.3, 0.4) is 0 Å². The third-order valence-electron chi connectivity index (χ3n) is 7.19. The standard InChI is InChI=1S/C38H39F/c1-3-5-7-9-11-30-13-15-31(16-14-30)17-18-32-19-21-33(22-20-32)23-25-35-26-27-36-29-34(12-10-8-6-4-2)24-28-37(36)38(35)39/h13-16,19-22,24,26-29H,3-12H2,1-2H3. The third-order valence-corrected chi connectivity index (χ3v) is 7.19. The van der Waals surface area contributed by atoms with Crippen LogP contribution in [0.15, 0.2) is 78.9 Å². The molecule has 4 aromatic carbocycles. The Morgan fingerprint density at radius 3 is 1.62 bits per heavy atom. The Kier molecular flexibility index (Phi) is 10.8. The highest BCUT2D eigenvalue weighted by Crippen LogP contribution is 2.23. The number of halogens is 1. The van der Waals surface area contributed by atoms with E-state index in [-0.39, 0.29) is 5.82 Å². The number of fused-ring (bicyclic) bond motifs is 1. The molecule has 0 atom stereocenters. The molecule has 198 valence electrons. The highest BCUT2D eigenvalue weighted by atomic mass is 19.1. The van der Waals surface area contributed by atoms with Crippen molar-refractivity contribution in [2.75, 3.05) is 0 Å². The van der Waals surface area contributed by atoms with Gasteiger partial charge in [-0.15, -0.1) is 0 Å². The maximum absolute atomic E-state index is 15.2. The molecule has 0 bridgehead atoms. The second kappa shape index (κ2) is 15.0. The summed E-state index contributed by atoms with van der Waals surface area (Å²) in [6.45, 7) is 4.46. The Morgan fingerprint density at radius 2 is 1.03 bits per heavy atom. The fraction of sp³-hybridized carbons (Fsp3) is 0.316. The van der Waals surface area contributed by atoms with Gasteiger partial charge in [0.25, 0.3) is 0 Å². The van der Waals surface area contributed by atoms with Crippen LogP contribution in [-0.4, -0.2) is 0 Å². The molecule has 39 heavy (non-hydrogen) atoms. The number of unbranched alkanes of at least 4 members (excludes halogenated alkanes) is 6. The molecule has 0 saturated carbocycles. The Morgan fingerprint density at radius 1 is 0.513 bits per heavy atom. The van der Waals surface area contributed by atoms with Gasteiger partial charge >= 0.3 is 0 Å². The van der Waals surface area contributed by atoms with Crippen molar-refractivity contribution < 1.29 is 4.39 Å². The van der Waals surface area contributed by atoms with E-state index in [4.69, 9.17) is 0 Å². The lowest BCUT2D eigenvalue weighted by Gasteiger charge is -2.06. The Hall–Kier alpha value is -3.81. The number of hydrogen-bond donors (Lipinski definition) is 0. The summed E-state index contributed by atoms with van der Waals surface area (Å²) in [5, 5.41) is 1.57. The molecule has 0 fully saturated rings. The van der Waals surface area contributed by atoms with Crippen LogP contribution in [0.2, 0.25) is 0 Å². The first-order valence-corrected chi connectivity index (χ1v) is 14.6. The van der Waals surface area contributed by atoms with Crippen LogP contribution >= 0.6 is 0 Å². The van der Waals surface area contributed by atoms with Gasteiger partial charge < -0.3 is 0 Å². The molecule has 0 aliphatic heterocycles. The molecule has 0 spiro atoms. The van der Waals surface area contributed by atoms with Crippen LogP contribution in [0.5, 0.6) is 0 Å². The normalized spacial score (nSPS) is 10.5. The van der Waals surface area contributed by atoms with Gasteiger partial charge in [0, 0.05) is 22.1 Å². The lowest BCUT2D eigenvalue weighted by atomic mass is 10.00. The van der Waals surface area contributed by atoms with Crippen molar-refractivity contribution in [2.45, 2.75) is 78.1 Å². The zero-order valence-electron chi connectivity index (χ0n) is 23.5. The Labute approximate surface area is 234 Å². The highest BCUT2D eigenvalue weighted by Gasteiger charge is 2.07. The topological polar surface area (TPSA) is 0 Å². The van der Waals surface area contributed by atoms with Crippen molar-refractivity contribution in [3.05, 3.63) is 118 Å². The maximum atomic E-state index is 15.2. The second-order valence-electron chi connectivity index (χ2n) is 10.4. The number of hydrogen-bond acceptors (Lipinski definition) is 0. The number of rotatable bonds is 10. The van der Waals surface area contributed by atoms with E-state index >= 15 is 4.39 Å². The third kappa shape index (κ3) is 8.60. The van der Waals surface area contributed by atoms with Gasteiger partial charge in [0.15, 0.2) is 0 Å². The molecule has 1 heteroatoms. The molecular weight excluding hydrogens is 475 g/mol. The predicted molar refractivity (Wildman–Crippen MR) is 164 cm³/mol. The zero-order chi connectivity index (χ0) is 27.3. The van der Waals surface area contributed by atoms with Crippen LogP contribution in [0.1, 0.15) is 98.6 Å². The summed E-state index contributed by atoms with van der Waals surface area (Å²) in [4.78, 5) is 0. The molecule has 0 aliphatic rings. The van der Waals surface area contributed by atoms with Gasteiger partial charge in [-0.2, -0.15) is 0 Å². The van der Waals surface area contributed by atoms with E-state index in [0.717, 1.165) is 34.9 Å². The Balaban J connectivity index is 1.37.